The first-order valence-corrected chi connectivity index (χ1v) is 14.0. The van der Waals surface area contributed by atoms with Gasteiger partial charge in [-0.25, -0.2) is 4.79 Å². The molecule has 1 aromatic rings. The molecule has 3 unspecified atom stereocenters. The van der Waals surface area contributed by atoms with Gasteiger partial charge in [0, 0.05) is 17.6 Å². The van der Waals surface area contributed by atoms with Gasteiger partial charge in [-0.15, -0.1) is 0 Å². The molecule has 0 spiro atoms. The highest BCUT2D eigenvalue weighted by molar-refractivity contribution is 6.30. The van der Waals surface area contributed by atoms with Crippen molar-refractivity contribution in [3.05, 3.63) is 34.9 Å². The molecule has 35 heavy (non-hydrogen) atoms. The van der Waals surface area contributed by atoms with Gasteiger partial charge in [0.2, 0.25) is 0 Å². The van der Waals surface area contributed by atoms with Crippen LogP contribution in [0.4, 0.5) is 0 Å². The number of methoxy groups -OCH3 is 1. The lowest BCUT2D eigenvalue weighted by atomic mass is 9.72. The zero-order valence-corrected chi connectivity index (χ0v) is 23.3. The first kappa shape index (κ1) is 28.0. The van der Waals surface area contributed by atoms with Crippen LogP contribution in [0.3, 0.4) is 0 Å². The lowest BCUT2D eigenvalue weighted by Crippen LogP contribution is -2.53. The van der Waals surface area contributed by atoms with Gasteiger partial charge in [-0.2, -0.15) is 0 Å². The van der Waals surface area contributed by atoms with E-state index < -0.39 is 5.54 Å². The minimum atomic E-state index is -0.745. The van der Waals surface area contributed by atoms with E-state index in [0.717, 1.165) is 50.1 Å². The Balaban J connectivity index is 1.72. The number of aliphatic imine (C=N–C) groups is 1. The van der Waals surface area contributed by atoms with Crippen LogP contribution in [-0.2, 0) is 9.53 Å². The van der Waals surface area contributed by atoms with Gasteiger partial charge in [-0.1, -0.05) is 69.7 Å². The zero-order valence-electron chi connectivity index (χ0n) is 22.5. The van der Waals surface area contributed by atoms with E-state index in [2.05, 4.69) is 49.9 Å². The number of hydrogen-bond donors (Lipinski definition) is 0. The van der Waals surface area contributed by atoms with E-state index in [1.807, 2.05) is 18.5 Å². The van der Waals surface area contributed by atoms with Gasteiger partial charge in [-0.05, 0) is 75.7 Å². The van der Waals surface area contributed by atoms with Gasteiger partial charge in [0.15, 0.2) is 5.54 Å². The summed E-state index contributed by atoms with van der Waals surface area (Å²) < 4.78 is 5.34. The summed E-state index contributed by atoms with van der Waals surface area (Å²) in [6.07, 6.45) is 12.9. The summed E-state index contributed by atoms with van der Waals surface area (Å²) in [6, 6.07) is 8.88. The molecule has 1 aliphatic heterocycles. The maximum atomic E-state index is 13.1. The van der Waals surface area contributed by atoms with Crippen LogP contribution in [0.2, 0.25) is 5.02 Å². The van der Waals surface area contributed by atoms with Crippen molar-refractivity contribution < 1.29 is 9.53 Å². The number of carbonyl (C=O) groups is 1. The summed E-state index contributed by atoms with van der Waals surface area (Å²) in [5.41, 5.74) is 0.604. The number of rotatable bonds is 12. The molecular formula is C29H46ClN3O2. The Hall–Kier alpha value is -1.59. The van der Waals surface area contributed by atoms with Gasteiger partial charge in [-0.3, -0.25) is 4.99 Å². The van der Waals surface area contributed by atoms with Crippen LogP contribution in [0.15, 0.2) is 29.3 Å². The van der Waals surface area contributed by atoms with Gasteiger partial charge in [0.25, 0.3) is 0 Å². The molecule has 0 N–H and O–H groups in total. The van der Waals surface area contributed by atoms with Gasteiger partial charge in [0.1, 0.15) is 0 Å². The smallest absolute Gasteiger partial charge is 0.335 e. The van der Waals surface area contributed by atoms with Crippen molar-refractivity contribution >= 4 is 23.9 Å². The van der Waals surface area contributed by atoms with Crippen molar-refractivity contribution in [3.63, 3.8) is 0 Å². The summed E-state index contributed by atoms with van der Waals surface area (Å²) >= 11 is 6.15. The number of carbonyl (C=O) groups excluding carboxylic acids is 1. The Morgan fingerprint density at radius 2 is 1.80 bits per heavy atom. The Morgan fingerprint density at radius 1 is 1.14 bits per heavy atom. The van der Waals surface area contributed by atoms with E-state index in [-0.39, 0.29) is 12.0 Å². The standard InChI is InChI=1S/C29H46ClN3O2/c1-6-8-18-29(28(34)35-5)26(33(21-31-29)19-9-7-2)20-22-10-12-23(13-11-22)27(32(3)4)24-14-16-25(30)17-15-24/h14-17,21-23,26-27H,6-13,18-20H2,1-5H3. The summed E-state index contributed by atoms with van der Waals surface area (Å²) in [5, 5.41) is 0.790. The average molecular weight is 504 g/mol. The van der Waals surface area contributed by atoms with Crippen LogP contribution in [0.1, 0.15) is 89.7 Å². The Kier molecular flexibility index (Phi) is 10.5. The second kappa shape index (κ2) is 13.1. The number of nitrogens with zero attached hydrogens (tertiary/aromatic N) is 3. The van der Waals surface area contributed by atoms with Crippen LogP contribution in [-0.4, -0.2) is 61.4 Å². The lowest BCUT2D eigenvalue weighted by molar-refractivity contribution is -0.149. The number of hydrogen-bond acceptors (Lipinski definition) is 5. The van der Waals surface area contributed by atoms with E-state index in [9.17, 15) is 4.79 Å². The molecule has 6 heteroatoms. The second-order valence-corrected chi connectivity index (χ2v) is 11.3. The van der Waals surface area contributed by atoms with Crippen molar-refractivity contribution in [2.75, 3.05) is 27.7 Å². The maximum absolute atomic E-state index is 13.1. The zero-order chi connectivity index (χ0) is 25.4. The molecule has 196 valence electrons. The fraction of sp³-hybridized carbons (Fsp3) is 0.724. The molecule has 3 rings (SSSR count). The lowest BCUT2D eigenvalue weighted by Gasteiger charge is -2.41. The van der Waals surface area contributed by atoms with Crippen molar-refractivity contribution in [1.29, 1.82) is 0 Å². The first-order valence-electron chi connectivity index (χ1n) is 13.7. The Morgan fingerprint density at radius 3 is 2.37 bits per heavy atom. The molecule has 1 saturated carbocycles. The summed E-state index contributed by atoms with van der Waals surface area (Å²) in [6.45, 7) is 5.36. The highest BCUT2D eigenvalue weighted by atomic mass is 35.5. The van der Waals surface area contributed by atoms with Gasteiger partial charge < -0.3 is 14.5 Å². The third-order valence-electron chi connectivity index (χ3n) is 8.27. The average Bonchev–Trinajstić information content (AvgIpc) is 3.21. The number of ether oxygens (including phenoxy) is 1. The van der Waals surface area contributed by atoms with E-state index in [4.69, 9.17) is 21.3 Å². The number of halogens is 1. The molecule has 0 radical (unpaired) electrons. The molecule has 1 fully saturated rings. The van der Waals surface area contributed by atoms with Crippen LogP contribution < -0.4 is 0 Å². The molecule has 0 saturated heterocycles. The van der Waals surface area contributed by atoms with Crippen molar-refractivity contribution in [3.8, 4) is 0 Å². The maximum Gasteiger partial charge on any atom is 0.335 e. The minimum Gasteiger partial charge on any atom is -0.467 e. The largest absolute Gasteiger partial charge is 0.467 e. The molecule has 3 atom stereocenters. The molecule has 2 aliphatic rings. The SMILES string of the molecule is CCCCN1C=NC(CCCC)(C(=O)OC)C1CC1CCC(C(c2ccc(Cl)cc2)N(C)C)CC1. The van der Waals surface area contributed by atoms with Crippen molar-refractivity contribution in [2.45, 2.75) is 95.7 Å². The molecule has 1 aromatic carbocycles. The normalized spacial score (nSPS) is 27.4. The quantitative estimate of drug-likeness (QED) is 0.296. The van der Waals surface area contributed by atoms with Gasteiger partial charge in [0.05, 0.1) is 19.5 Å². The van der Waals surface area contributed by atoms with E-state index in [1.165, 1.54) is 38.4 Å². The molecule has 0 amide bonds. The number of unbranched alkanes of at least 4 members (excludes halogenated alkanes) is 2. The Labute approximate surface area is 218 Å². The monoisotopic (exact) mass is 503 g/mol. The first-order chi connectivity index (χ1) is 16.9. The summed E-state index contributed by atoms with van der Waals surface area (Å²) in [4.78, 5) is 22.7. The predicted molar refractivity (Wildman–Crippen MR) is 146 cm³/mol. The van der Waals surface area contributed by atoms with Crippen LogP contribution in [0, 0.1) is 11.8 Å². The molecule has 0 bridgehead atoms. The third-order valence-corrected chi connectivity index (χ3v) is 8.52. The fourth-order valence-electron chi connectivity index (χ4n) is 6.35. The van der Waals surface area contributed by atoms with Crippen molar-refractivity contribution in [1.82, 2.24) is 9.80 Å². The second-order valence-electron chi connectivity index (χ2n) is 10.8. The summed E-state index contributed by atoms with van der Waals surface area (Å²) in [5.74, 6) is 1.08. The van der Waals surface area contributed by atoms with Gasteiger partial charge >= 0.3 is 5.97 Å². The fourth-order valence-corrected chi connectivity index (χ4v) is 6.48. The van der Waals surface area contributed by atoms with Crippen LogP contribution in [0.5, 0.6) is 0 Å². The summed E-state index contributed by atoms with van der Waals surface area (Å²) in [7, 11) is 5.89. The predicted octanol–water partition coefficient (Wildman–Crippen LogP) is 6.75. The third kappa shape index (κ3) is 6.60. The molecule has 1 heterocycles. The van der Waals surface area contributed by atoms with Crippen molar-refractivity contribution in [2.24, 2.45) is 16.8 Å². The molecule has 0 aromatic heterocycles. The van der Waals surface area contributed by atoms with E-state index in [0.29, 0.717) is 17.9 Å². The van der Waals surface area contributed by atoms with Crippen LogP contribution >= 0.6 is 11.6 Å². The van der Waals surface area contributed by atoms with Crippen LogP contribution in [0.25, 0.3) is 0 Å². The molecule has 1 aliphatic carbocycles. The highest BCUT2D eigenvalue weighted by Crippen LogP contribution is 2.44. The van der Waals surface area contributed by atoms with E-state index in [1.54, 1.807) is 0 Å². The topological polar surface area (TPSA) is 45.1 Å². The Bertz CT molecular complexity index is 820. The molecular weight excluding hydrogens is 458 g/mol. The number of benzene rings is 1. The number of esters is 1. The minimum absolute atomic E-state index is 0.107. The molecule has 5 nitrogen and oxygen atoms in total. The van der Waals surface area contributed by atoms with E-state index >= 15 is 0 Å². The highest BCUT2D eigenvalue weighted by Gasteiger charge is 2.52.